The molecule has 1 saturated carbocycles. The number of hydrogen-bond acceptors (Lipinski definition) is 3. The van der Waals surface area contributed by atoms with Crippen LogP contribution in [0, 0.1) is 5.92 Å². The van der Waals surface area contributed by atoms with E-state index in [-0.39, 0.29) is 11.9 Å². The number of nitrogens with zero attached hydrogens (tertiary/aromatic N) is 2. The normalized spacial score (nSPS) is 16.1. The average Bonchev–Trinajstić information content (AvgIpc) is 3.81. The molecule has 1 aliphatic carbocycles. The van der Waals surface area contributed by atoms with Crippen LogP contribution in [-0.2, 0) is 16.0 Å². The molecule has 4 rings (SSSR count). The van der Waals surface area contributed by atoms with E-state index >= 15 is 0 Å². The van der Waals surface area contributed by atoms with Gasteiger partial charge in [0.25, 0.3) is 5.91 Å². The first kappa shape index (κ1) is 29.1. The zero-order valence-electron chi connectivity index (χ0n) is 24.0. The van der Waals surface area contributed by atoms with E-state index in [2.05, 4.69) is 48.6 Å². The zero-order chi connectivity index (χ0) is 27.5. The van der Waals surface area contributed by atoms with E-state index in [1.54, 1.807) is 4.90 Å². The quantitative estimate of drug-likeness (QED) is 0.271. The summed E-state index contributed by atoms with van der Waals surface area (Å²) in [7, 11) is 1.82. The van der Waals surface area contributed by atoms with Gasteiger partial charge in [-0.2, -0.15) is 0 Å². The van der Waals surface area contributed by atoms with Crippen molar-refractivity contribution in [3.8, 4) is 11.1 Å². The van der Waals surface area contributed by atoms with Crippen LogP contribution in [0.5, 0.6) is 0 Å². The summed E-state index contributed by atoms with van der Waals surface area (Å²) in [5, 5.41) is 3.04. The van der Waals surface area contributed by atoms with Crippen LogP contribution in [0.4, 0.5) is 10.5 Å². The van der Waals surface area contributed by atoms with Crippen molar-refractivity contribution in [2.24, 2.45) is 5.92 Å². The van der Waals surface area contributed by atoms with Gasteiger partial charge in [0.1, 0.15) is 6.10 Å². The number of anilines is 1. The minimum Gasteiger partial charge on any atom is -0.368 e. The molecule has 0 spiro atoms. The van der Waals surface area contributed by atoms with Gasteiger partial charge in [0.2, 0.25) is 0 Å². The fourth-order valence-electron chi connectivity index (χ4n) is 5.17. The average molecular weight is 534 g/mol. The fraction of sp³-hybridized carbons (Fsp3) is 0.576. The number of piperidine rings is 1. The Bertz CT molecular complexity index is 1040. The Morgan fingerprint density at radius 3 is 2.44 bits per heavy atom. The molecule has 1 saturated heterocycles. The van der Waals surface area contributed by atoms with Crippen LogP contribution in [0.25, 0.3) is 11.1 Å². The summed E-state index contributed by atoms with van der Waals surface area (Å²) in [6, 6.07) is 16.4. The number of amides is 3. The molecule has 1 heterocycles. The minimum absolute atomic E-state index is 0.0754. The van der Waals surface area contributed by atoms with Crippen LogP contribution in [-0.4, -0.2) is 56.2 Å². The molecule has 2 aliphatic rings. The topological polar surface area (TPSA) is 61.9 Å². The molecule has 0 radical (unpaired) electrons. The van der Waals surface area contributed by atoms with Gasteiger partial charge in [-0.05, 0) is 73.3 Å². The predicted octanol–water partition coefficient (Wildman–Crippen LogP) is 6.82. The van der Waals surface area contributed by atoms with Gasteiger partial charge in [-0.3, -0.25) is 9.69 Å². The van der Waals surface area contributed by atoms with Crippen LogP contribution in [0.1, 0.15) is 76.7 Å². The lowest BCUT2D eigenvalue weighted by molar-refractivity contribution is -0.145. The number of ether oxygens (including phenoxy) is 1. The van der Waals surface area contributed by atoms with Gasteiger partial charge in [-0.25, -0.2) is 4.79 Å². The second kappa shape index (κ2) is 15.1. The van der Waals surface area contributed by atoms with E-state index in [1.165, 1.54) is 38.5 Å². The van der Waals surface area contributed by atoms with Gasteiger partial charge < -0.3 is 15.0 Å². The third-order valence-electron chi connectivity index (χ3n) is 7.98. The molecule has 1 N–H and O–H groups in total. The number of urea groups is 1. The zero-order valence-corrected chi connectivity index (χ0v) is 24.0. The summed E-state index contributed by atoms with van der Waals surface area (Å²) in [5.41, 5.74) is 4.12. The summed E-state index contributed by atoms with van der Waals surface area (Å²) in [6.07, 6.45) is 11.9. The van der Waals surface area contributed by atoms with E-state index in [4.69, 9.17) is 4.74 Å². The van der Waals surface area contributed by atoms with Gasteiger partial charge in [0, 0.05) is 38.8 Å². The van der Waals surface area contributed by atoms with Crippen molar-refractivity contribution >= 4 is 17.6 Å². The molecule has 2 aromatic rings. The van der Waals surface area contributed by atoms with Crippen molar-refractivity contribution in [1.82, 2.24) is 10.2 Å². The third-order valence-corrected chi connectivity index (χ3v) is 7.98. The SMILES string of the molecule is CCCCCCCNC(=O)N(C)c1cccc(-c2ccc(CC(OCC3CC3)C(=O)N3CCCCC3)cc2)c1. The lowest BCUT2D eigenvalue weighted by atomic mass is 10.00. The Morgan fingerprint density at radius 2 is 1.72 bits per heavy atom. The maximum absolute atomic E-state index is 13.3. The molecular formula is C33H47N3O3. The highest BCUT2D eigenvalue weighted by Gasteiger charge is 2.29. The number of carbonyl (C=O) groups is 2. The molecule has 1 unspecified atom stereocenters. The molecule has 0 aromatic heterocycles. The highest BCUT2D eigenvalue weighted by Crippen LogP contribution is 2.30. The molecule has 2 fully saturated rings. The van der Waals surface area contributed by atoms with E-state index in [1.807, 2.05) is 24.1 Å². The van der Waals surface area contributed by atoms with E-state index in [9.17, 15) is 9.59 Å². The van der Waals surface area contributed by atoms with Crippen molar-refractivity contribution < 1.29 is 14.3 Å². The fourth-order valence-corrected chi connectivity index (χ4v) is 5.17. The summed E-state index contributed by atoms with van der Waals surface area (Å²) >= 11 is 0. The summed E-state index contributed by atoms with van der Waals surface area (Å²) in [5.74, 6) is 0.775. The first-order valence-corrected chi connectivity index (χ1v) is 15.2. The molecule has 6 heteroatoms. The second-order valence-electron chi connectivity index (χ2n) is 11.3. The molecule has 3 amide bonds. The van der Waals surface area contributed by atoms with Gasteiger partial charge in [-0.15, -0.1) is 0 Å². The number of hydrogen-bond donors (Lipinski definition) is 1. The lowest BCUT2D eigenvalue weighted by Crippen LogP contribution is -2.44. The number of benzene rings is 2. The molecule has 1 aliphatic heterocycles. The summed E-state index contributed by atoms with van der Waals surface area (Å²) in [4.78, 5) is 29.6. The van der Waals surface area contributed by atoms with Crippen molar-refractivity contribution in [3.63, 3.8) is 0 Å². The lowest BCUT2D eigenvalue weighted by Gasteiger charge is -2.30. The highest BCUT2D eigenvalue weighted by atomic mass is 16.5. The third kappa shape index (κ3) is 9.10. The number of rotatable bonds is 14. The van der Waals surface area contributed by atoms with Crippen LogP contribution in [0.2, 0.25) is 0 Å². The van der Waals surface area contributed by atoms with Gasteiger partial charge in [0.15, 0.2) is 0 Å². The van der Waals surface area contributed by atoms with E-state index in [0.29, 0.717) is 25.5 Å². The first-order valence-electron chi connectivity index (χ1n) is 15.2. The number of likely N-dealkylation sites (tertiary alicyclic amines) is 1. The molecular weight excluding hydrogens is 486 g/mol. The maximum Gasteiger partial charge on any atom is 0.321 e. The van der Waals surface area contributed by atoms with Crippen molar-refractivity contribution in [2.75, 3.05) is 38.2 Å². The van der Waals surface area contributed by atoms with Gasteiger partial charge in [0.05, 0.1) is 6.61 Å². The Morgan fingerprint density at radius 1 is 0.974 bits per heavy atom. The molecule has 2 aromatic carbocycles. The molecule has 39 heavy (non-hydrogen) atoms. The van der Waals surface area contributed by atoms with Gasteiger partial charge in [-0.1, -0.05) is 69.0 Å². The van der Waals surface area contributed by atoms with Crippen LogP contribution < -0.4 is 10.2 Å². The first-order chi connectivity index (χ1) is 19.0. The Kier molecular flexibility index (Phi) is 11.3. The summed E-state index contributed by atoms with van der Waals surface area (Å²) < 4.78 is 6.18. The Hall–Kier alpha value is -2.86. The monoisotopic (exact) mass is 533 g/mol. The van der Waals surface area contributed by atoms with E-state index < -0.39 is 6.10 Å². The molecule has 1 atom stereocenters. The largest absolute Gasteiger partial charge is 0.368 e. The minimum atomic E-state index is -0.406. The van der Waals surface area contributed by atoms with Crippen molar-refractivity contribution in [3.05, 3.63) is 54.1 Å². The number of unbranched alkanes of at least 4 members (excludes halogenated alkanes) is 4. The smallest absolute Gasteiger partial charge is 0.321 e. The molecule has 0 bridgehead atoms. The van der Waals surface area contributed by atoms with Crippen LogP contribution in [0.15, 0.2) is 48.5 Å². The van der Waals surface area contributed by atoms with Crippen molar-refractivity contribution in [1.29, 1.82) is 0 Å². The van der Waals surface area contributed by atoms with Gasteiger partial charge >= 0.3 is 6.03 Å². The Balaban J connectivity index is 1.34. The number of nitrogens with one attached hydrogen (secondary N) is 1. The van der Waals surface area contributed by atoms with Crippen LogP contribution in [0.3, 0.4) is 0 Å². The molecule has 212 valence electrons. The second-order valence-corrected chi connectivity index (χ2v) is 11.3. The van der Waals surface area contributed by atoms with E-state index in [0.717, 1.165) is 61.2 Å². The van der Waals surface area contributed by atoms with Crippen LogP contribution >= 0.6 is 0 Å². The highest BCUT2D eigenvalue weighted by molar-refractivity contribution is 5.92. The summed E-state index contributed by atoms with van der Waals surface area (Å²) in [6.45, 7) is 5.31. The maximum atomic E-state index is 13.3. The number of carbonyl (C=O) groups excluding carboxylic acids is 2. The van der Waals surface area contributed by atoms with Crippen molar-refractivity contribution in [2.45, 2.75) is 83.7 Å². The molecule has 6 nitrogen and oxygen atoms in total. The predicted molar refractivity (Wildman–Crippen MR) is 159 cm³/mol. The Labute approximate surface area is 235 Å². The standard InChI is InChI=1S/C33H47N3O3/c1-3-4-5-6-8-20-34-33(38)35(2)30-13-11-12-29(24-30)28-18-16-26(17-19-28)23-31(39-25-27-14-15-27)32(37)36-21-9-7-10-22-36/h11-13,16-19,24,27,31H,3-10,14-15,20-23,25H2,1-2H3,(H,34,38).